The number of nitrogens with one attached hydrogen (secondary N) is 2. The number of amides is 1. The highest BCUT2D eigenvalue weighted by molar-refractivity contribution is 7.92. The standard InChI is InChI=1S/C22H25ClN2O3S/c1-13-7-14(2)9-18(8-13)25-29(27,28)21-12-17(5-6-19(21)23)22(26)24-20-11-15-3-4-16(20)10-15/h5-9,12,15-16,20,25H,3-4,10-11H2,1-2H3,(H,24,26)/t15-,16-,20+/m0/s1. The number of anilines is 1. The summed E-state index contributed by atoms with van der Waals surface area (Å²) < 4.78 is 28.5. The Labute approximate surface area is 176 Å². The van der Waals surface area contributed by atoms with Crippen LogP contribution in [0, 0.1) is 25.7 Å². The van der Waals surface area contributed by atoms with Crippen LogP contribution in [-0.2, 0) is 10.0 Å². The Hall–Kier alpha value is -2.05. The van der Waals surface area contributed by atoms with Crippen LogP contribution >= 0.6 is 11.6 Å². The normalized spacial score (nSPS) is 23.2. The first-order valence-corrected chi connectivity index (χ1v) is 11.8. The zero-order valence-electron chi connectivity index (χ0n) is 16.5. The fourth-order valence-electron chi connectivity index (χ4n) is 4.77. The molecule has 2 aromatic rings. The van der Waals surface area contributed by atoms with Crippen molar-refractivity contribution < 1.29 is 13.2 Å². The van der Waals surface area contributed by atoms with E-state index in [9.17, 15) is 13.2 Å². The molecule has 2 saturated carbocycles. The van der Waals surface area contributed by atoms with Gasteiger partial charge in [0.1, 0.15) is 4.90 Å². The number of hydrogen-bond acceptors (Lipinski definition) is 3. The number of hydrogen-bond donors (Lipinski definition) is 2. The lowest BCUT2D eigenvalue weighted by molar-refractivity contribution is 0.0922. The van der Waals surface area contributed by atoms with Gasteiger partial charge in [0.2, 0.25) is 0 Å². The van der Waals surface area contributed by atoms with Gasteiger partial charge in [0, 0.05) is 17.3 Å². The molecular formula is C22H25ClN2O3S. The van der Waals surface area contributed by atoms with Crippen LogP contribution in [-0.4, -0.2) is 20.4 Å². The molecule has 3 atom stereocenters. The SMILES string of the molecule is Cc1cc(C)cc(NS(=O)(=O)c2cc(C(=O)N[C@@H]3C[C@H]4CC[C@H]3C4)ccc2Cl)c1. The molecule has 0 spiro atoms. The Morgan fingerprint density at radius 1 is 1.03 bits per heavy atom. The monoisotopic (exact) mass is 432 g/mol. The second-order valence-electron chi connectivity index (χ2n) is 8.38. The maximum Gasteiger partial charge on any atom is 0.263 e. The molecule has 1 amide bonds. The summed E-state index contributed by atoms with van der Waals surface area (Å²) in [5.41, 5.74) is 2.67. The first-order chi connectivity index (χ1) is 13.7. The zero-order valence-corrected chi connectivity index (χ0v) is 18.1. The van der Waals surface area contributed by atoms with E-state index in [4.69, 9.17) is 11.6 Å². The first kappa shape index (κ1) is 20.2. The molecule has 2 aliphatic rings. The second kappa shape index (κ2) is 7.65. The molecule has 5 nitrogen and oxygen atoms in total. The fraction of sp³-hybridized carbons (Fsp3) is 0.409. The molecule has 0 radical (unpaired) electrons. The molecule has 0 unspecified atom stereocenters. The van der Waals surface area contributed by atoms with Crippen LogP contribution in [0.5, 0.6) is 0 Å². The van der Waals surface area contributed by atoms with Crippen molar-refractivity contribution in [1.29, 1.82) is 0 Å². The molecule has 2 fully saturated rings. The topological polar surface area (TPSA) is 75.3 Å². The van der Waals surface area contributed by atoms with Gasteiger partial charge in [-0.3, -0.25) is 9.52 Å². The van der Waals surface area contributed by atoms with Gasteiger partial charge in [0.15, 0.2) is 0 Å². The summed E-state index contributed by atoms with van der Waals surface area (Å²) in [4.78, 5) is 12.6. The third-order valence-electron chi connectivity index (χ3n) is 6.01. The van der Waals surface area contributed by atoms with Gasteiger partial charge in [-0.05, 0) is 86.4 Å². The molecule has 2 aromatic carbocycles. The molecule has 0 heterocycles. The van der Waals surface area contributed by atoms with E-state index in [2.05, 4.69) is 10.0 Å². The van der Waals surface area contributed by atoms with E-state index in [0.29, 0.717) is 23.1 Å². The number of halogens is 1. The smallest absolute Gasteiger partial charge is 0.263 e. The van der Waals surface area contributed by atoms with Gasteiger partial charge >= 0.3 is 0 Å². The number of benzene rings is 2. The molecule has 4 rings (SSSR count). The van der Waals surface area contributed by atoms with Crippen LogP contribution in [0.4, 0.5) is 5.69 Å². The second-order valence-corrected chi connectivity index (χ2v) is 10.4. The van der Waals surface area contributed by atoms with E-state index in [1.807, 2.05) is 19.9 Å². The van der Waals surface area contributed by atoms with Crippen molar-refractivity contribution in [3.05, 3.63) is 58.1 Å². The van der Waals surface area contributed by atoms with Crippen molar-refractivity contribution in [2.75, 3.05) is 4.72 Å². The quantitative estimate of drug-likeness (QED) is 0.720. The average molecular weight is 433 g/mol. The molecule has 0 aromatic heterocycles. The number of aryl methyl sites for hydroxylation is 2. The van der Waals surface area contributed by atoms with Gasteiger partial charge in [0.05, 0.1) is 5.02 Å². The predicted octanol–water partition coefficient (Wildman–Crippen LogP) is 4.68. The summed E-state index contributed by atoms with van der Waals surface area (Å²) in [6.07, 6.45) is 4.62. The van der Waals surface area contributed by atoms with Gasteiger partial charge in [0.25, 0.3) is 15.9 Å². The minimum Gasteiger partial charge on any atom is -0.349 e. The van der Waals surface area contributed by atoms with E-state index in [0.717, 1.165) is 24.0 Å². The Morgan fingerprint density at radius 2 is 1.76 bits per heavy atom. The van der Waals surface area contributed by atoms with Crippen molar-refractivity contribution in [1.82, 2.24) is 5.32 Å². The van der Waals surface area contributed by atoms with Crippen LogP contribution in [0.1, 0.15) is 47.2 Å². The van der Waals surface area contributed by atoms with Crippen LogP contribution in [0.15, 0.2) is 41.3 Å². The van der Waals surface area contributed by atoms with Gasteiger partial charge in [-0.25, -0.2) is 8.42 Å². The third-order valence-corrected chi connectivity index (χ3v) is 7.87. The largest absolute Gasteiger partial charge is 0.349 e. The van der Waals surface area contributed by atoms with Crippen LogP contribution in [0.2, 0.25) is 5.02 Å². The van der Waals surface area contributed by atoms with Gasteiger partial charge < -0.3 is 5.32 Å². The Balaban J connectivity index is 1.56. The Kier molecular flexibility index (Phi) is 5.34. The summed E-state index contributed by atoms with van der Waals surface area (Å²) in [6, 6.07) is 10.1. The number of fused-ring (bicyclic) bond motifs is 2. The van der Waals surface area contributed by atoms with Crippen molar-refractivity contribution in [3.63, 3.8) is 0 Å². The first-order valence-electron chi connectivity index (χ1n) is 9.93. The van der Waals surface area contributed by atoms with Crippen LogP contribution in [0.3, 0.4) is 0 Å². The maximum absolute atomic E-state index is 12.9. The Bertz CT molecular complexity index is 1050. The number of carbonyl (C=O) groups excluding carboxylic acids is 1. The Morgan fingerprint density at radius 3 is 2.38 bits per heavy atom. The number of sulfonamides is 1. The third kappa shape index (κ3) is 4.28. The van der Waals surface area contributed by atoms with Crippen molar-refractivity contribution in [2.45, 2.75) is 50.5 Å². The maximum atomic E-state index is 12.9. The van der Waals surface area contributed by atoms with E-state index in [-0.39, 0.29) is 21.9 Å². The number of carbonyl (C=O) groups is 1. The summed E-state index contributed by atoms with van der Waals surface area (Å²) in [5.74, 6) is 1.01. The molecule has 2 N–H and O–H groups in total. The number of rotatable bonds is 5. The van der Waals surface area contributed by atoms with E-state index in [1.165, 1.54) is 25.0 Å². The van der Waals surface area contributed by atoms with Gasteiger partial charge in [-0.1, -0.05) is 24.1 Å². The summed E-state index contributed by atoms with van der Waals surface area (Å²) in [5, 5.41) is 3.17. The fourth-order valence-corrected chi connectivity index (χ4v) is 6.33. The summed E-state index contributed by atoms with van der Waals surface area (Å²) in [6.45, 7) is 3.80. The molecule has 29 heavy (non-hydrogen) atoms. The lowest BCUT2D eigenvalue weighted by Crippen LogP contribution is -2.38. The van der Waals surface area contributed by atoms with Crippen molar-refractivity contribution >= 4 is 33.2 Å². The van der Waals surface area contributed by atoms with Gasteiger partial charge in [-0.15, -0.1) is 0 Å². The molecule has 2 aliphatic carbocycles. The minimum absolute atomic E-state index is 0.0818. The molecule has 0 aliphatic heterocycles. The molecule has 2 bridgehead atoms. The van der Waals surface area contributed by atoms with Crippen molar-refractivity contribution in [2.24, 2.45) is 11.8 Å². The molecule has 154 valence electrons. The van der Waals surface area contributed by atoms with Gasteiger partial charge in [-0.2, -0.15) is 0 Å². The average Bonchev–Trinajstić information content (AvgIpc) is 3.23. The predicted molar refractivity (Wildman–Crippen MR) is 115 cm³/mol. The lowest BCUT2D eigenvalue weighted by atomic mass is 9.95. The minimum atomic E-state index is -3.93. The van der Waals surface area contributed by atoms with E-state index < -0.39 is 10.0 Å². The van der Waals surface area contributed by atoms with Crippen LogP contribution in [0.25, 0.3) is 0 Å². The highest BCUT2D eigenvalue weighted by Gasteiger charge is 2.40. The molecular weight excluding hydrogens is 408 g/mol. The summed E-state index contributed by atoms with van der Waals surface area (Å²) >= 11 is 6.19. The summed E-state index contributed by atoms with van der Waals surface area (Å²) in [7, 11) is -3.93. The van der Waals surface area contributed by atoms with E-state index in [1.54, 1.807) is 18.2 Å². The zero-order chi connectivity index (χ0) is 20.8. The molecule has 7 heteroatoms. The lowest BCUT2D eigenvalue weighted by Gasteiger charge is -2.23. The van der Waals surface area contributed by atoms with Crippen molar-refractivity contribution in [3.8, 4) is 0 Å². The highest BCUT2D eigenvalue weighted by atomic mass is 35.5. The van der Waals surface area contributed by atoms with E-state index >= 15 is 0 Å². The highest BCUT2D eigenvalue weighted by Crippen LogP contribution is 2.44. The molecule has 0 saturated heterocycles. The van der Waals surface area contributed by atoms with Crippen LogP contribution < -0.4 is 10.0 Å².